The summed E-state index contributed by atoms with van der Waals surface area (Å²) in [6.45, 7) is 1.81. The van der Waals surface area contributed by atoms with Crippen molar-refractivity contribution in [2.75, 3.05) is 7.11 Å². The fourth-order valence-electron chi connectivity index (χ4n) is 2.25. The van der Waals surface area contributed by atoms with E-state index in [9.17, 15) is 9.59 Å². The molecule has 0 unspecified atom stereocenters. The van der Waals surface area contributed by atoms with E-state index in [2.05, 4.69) is 4.74 Å². The Balaban J connectivity index is 2.14. The van der Waals surface area contributed by atoms with E-state index < -0.39 is 0 Å². The molecule has 0 aliphatic heterocycles. The summed E-state index contributed by atoms with van der Waals surface area (Å²) in [4.78, 5) is 23.4. The summed E-state index contributed by atoms with van der Waals surface area (Å²) in [5.74, 6) is 0.444. The van der Waals surface area contributed by atoms with Crippen LogP contribution in [0.4, 0.5) is 0 Å². The molecular formula is C16H18O4. The van der Waals surface area contributed by atoms with Crippen LogP contribution in [0.25, 0.3) is 11.0 Å². The molecule has 0 fully saturated rings. The number of carbonyl (C=O) groups is 1. The molecule has 0 N–H and O–H groups in total. The van der Waals surface area contributed by atoms with Crippen molar-refractivity contribution in [3.63, 3.8) is 0 Å². The summed E-state index contributed by atoms with van der Waals surface area (Å²) in [6.07, 6.45) is 2.47. The monoisotopic (exact) mass is 274 g/mol. The Hall–Kier alpha value is -2.10. The van der Waals surface area contributed by atoms with Crippen LogP contribution in [0.3, 0.4) is 0 Å². The second-order valence-electron chi connectivity index (χ2n) is 4.75. The van der Waals surface area contributed by atoms with Crippen molar-refractivity contribution in [3.8, 4) is 0 Å². The third-order valence-corrected chi connectivity index (χ3v) is 3.38. The summed E-state index contributed by atoms with van der Waals surface area (Å²) in [5.41, 5.74) is 1.35. The number of fused-ring (bicyclic) bond motifs is 1. The topological polar surface area (TPSA) is 56.5 Å². The van der Waals surface area contributed by atoms with Gasteiger partial charge >= 0.3 is 5.97 Å². The lowest BCUT2D eigenvalue weighted by molar-refractivity contribution is -0.140. The number of methoxy groups -OCH3 is 1. The van der Waals surface area contributed by atoms with Crippen molar-refractivity contribution in [2.45, 2.75) is 32.6 Å². The zero-order valence-electron chi connectivity index (χ0n) is 11.8. The maximum atomic E-state index is 12.4. The molecule has 2 rings (SSSR count). The van der Waals surface area contributed by atoms with Crippen LogP contribution in [0, 0.1) is 6.92 Å². The molecule has 0 atom stereocenters. The average molecular weight is 274 g/mol. The van der Waals surface area contributed by atoms with E-state index in [1.54, 1.807) is 12.1 Å². The predicted octanol–water partition coefficient (Wildman–Crippen LogP) is 2.99. The van der Waals surface area contributed by atoms with Gasteiger partial charge in [0.1, 0.15) is 11.3 Å². The molecule has 0 aliphatic carbocycles. The minimum Gasteiger partial charge on any atom is -0.469 e. The molecular weight excluding hydrogens is 256 g/mol. The standard InChI is InChI=1S/C16H18O4/c1-11-12(7-4-6-10-15(17)19-2)16(18)13-8-3-5-9-14(13)20-11/h3,5,8-9H,4,6-7,10H2,1-2H3. The Morgan fingerprint density at radius 3 is 2.75 bits per heavy atom. The van der Waals surface area contributed by atoms with Crippen molar-refractivity contribution >= 4 is 16.9 Å². The third kappa shape index (κ3) is 3.07. The molecule has 0 aliphatic rings. The maximum absolute atomic E-state index is 12.4. The van der Waals surface area contributed by atoms with Gasteiger partial charge in [-0.2, -0.15) is 0 Å². The van der Waals surface area contributed by atoms with Crippen LogP contribution >= 0.6 is 0 Å². The van der Waals surface area contributed by atoms with Gasteiger partial charge in [0, 0.05) is 12.0 Å². The summed E-state index contributed by atoms with van der Waals surface area (Å²) in [6, 6.07) is 7.25. The Labute approximate surface area is 117 Å². The minimum absolute atomic E-state index is 0.0300. The van der Waals surface area contributed by atoms with E-state index >= 15 is 0 Å². The molecule has 20 heavy (non-hydrogen) atoms. The zero-order chi connectivity index (χ0) is 14.5. The quantitative estimate of drug-likeness (QED) is 0.621. The number of hydrogen-bond donors (Lipinski definition) is 0. The second-order valence-corrected chi connectivity index (χ2v) is 4.75. The van der Waals surface area contributed by atoms with Crippen LogP contribution in [0.1, 0.15) is 30.6 Å². The molecule has 0 saturated heterocycles. The van der Waals surface area contributed by atoms with E-state index in [1.165, 1.54) is 7.11 Å². The number of carbonyl (C=O) groups excluding carboxylic acids is 1. The number of esters is 1. The number of unbranched alkanes of at least 4 members (excludes halogenated alkanes) is 1. The van der Waals surface area contributed by atoms with Gasteiger partial charge in [-0.3, -0.25) is 9.59 Å². The lowest BCUT2D eigenvalue weighted by Crippen LogP contribution is -2.11. The molecule has 1 heterocycles. The molecule has 0 radical (unpaired) electrons. The van der Waals surface area contributed by atoms with Gasteiger partial charge in [0.2, 0.25) is 0 Å². The van der Waals surface area contributed by atoms with E-state index in [-0.39, 0.29) is 11.4 Å². The number of aryl methyl sites for hydroxylation is 1. The predicted molar refractivity (Wildman–Crippen MR) is 76.8 cm³/mol. The zero-order valence-corrected chi connectivity index (χ0v) is 11.8. The maximum Gasteiger partial charge on any atom is 0.305 e. The van der Waals surface area contributed by atoms with Crippen LogP contribution in [0.15, 0.2) is 33.5 Å². The molecule has 0 spiro atoms. The summed E-state index contributed by atoms with van der Waals surface area (Å²) < 4.78 is 10.3. The van der Waals surface area contributed by atoms with Gasteiger partial charge in [-0.15, -0.1) is 0 Å². The van der Waals surface area contributed by atoms with E-state index in [0.717, 1.165) is 6.42 Å². The first kappa shape index (κ1) is 14.3. The molecule has 2 aromatic rings. The largest absolute Gasteiger partial charge is 0.469 e. The molecule has 4 nitrogen and oxygen atoms in total. The number of para-hydroxylation sites is 1. The van der Waals surface area contributed by atoms with Crippen molar-refractivity contribution in [1.82, 2.24) is 0 Å². The SMILES string of the molecule is COC(=O)CCCCc1c(C)oc2ccccc2c1=O. The number of ether oxygens (including phenoxy) is 1. The Morgan fingerprint density at radius 1 is 1.25 bits per heavy atom. The molecule has 0 amide bonds. The highest BCUT2D eigenvalue weighted by molar-refractivity contribution is 5.77. The van der Waals surface area contributed by atoms with Crippen LogP contribution in [0.5, 0.6) is 0 Å². The lowest BCUT2D eigenvalue weighted by atomic mass is 10.0. The van der Waals surface area contributed by atoms with E-state index in [1.807, 2.05) is 19.1 Å². The first-order valence-electron chi connectivity index (χ1n) is 6.71. The molecule has 4 heteroatoms. The summed E-state index contributed by atoms with van der Waals surface area (Å²) in [5, 5.41) is 0.612. The van der Waals surface area contributed by atoms with Crippen molar-refractivity contribution in [2.24, 2.45) is 0 Å². The van der Waals surface area contributed by atoms with Crippen LogP contribution < -0.4 is 5.43 Å². The highest BCUT2D eigenvalue weighted by Crippen LogP contribution is 2.16. The van der Waals surface area contributed by atoms with Crippen molar-refractivity contribution in [3.05, 3.63) is 45.8 Å². The smallest absolute Gasteiger partial charge is 0.305 e. The first-order valence-corrected chi connectivity index (χ1v) is 6.71. The van der Waals surface area contributed by atoms with Gasteiger partial charge in [0.15, 0.2) is 5.43 Å². The lowest BCUT2D eigenvalue weighted by Gasteiger charge is -2.06. The number of benzene rings is 1. The van der Waals surface area contributed by atoms with Crippen LogP contribution in [0.2, 0.25) is 0 Å². The molecule has 0 bridgehead atoms. The molecule has 0 saturated carbocycles. The molecule has 106 valence electrons. The van der Waals surface area contributed by atoms with Crippen LogP contribution in [-0.2, 0) is 16.0 Å². The van der Waals surface area contributed by atoms with Crippen molar-refractivity contribution < 1.29 is 13.9 Å². The second kappa shape index (κ2) is 6.37. The van der Waals surface area contributed by atoms with Crippen LogP contribution in [-0.4, -0.2) is 13.1 Å². The van der Waals surface area contributed by atoms with Gasteiger partial charge in [-0.1, -0.05) is 12.1 Å². The summed E-state index contributed by atoms with van der Waals surface area (Å²) >= 11 is 0. The van der Waals surface area contributed by atoms with Gasteiger partial charge in [0.05, 0.1) is 12.5 Å². The Bertz CT molecular complexity index is 670. The first-order chi connectivity index (χ1) is 9.63. The van der Waals surface area contributed by atoms with E-state index in [0.29, 0.717) is 41.6 Å². The van der Waals surface area contributed by atoms with Gasteiger partial charge < -0.3 is 9.15 Å². The molecule has 1 aromatic carbocycles. The van der Waals surface area contributed by atoms with Gasteiger partial charge in [-0.25, -0.2) is 0 Å². The van der Waals surface area contributed by atoms with Crippen molar-refractivity contribution in [1.29, 1.82) is 0 Å². The summed E-state index contributed by atoms with van der Waals surface area (Å²) in [7, 11) is 1.38. The van der Waals surface area contributed by atoms with E-state index in [4.69, 9.17) is 4.42 Å². The molecule has 1 aromatic heterocycles. The number of rotatable bonds is 5. The van der Waals surface area contributed by atoms with Gasteiger partial charge in [-0.05, 0) is 38.3 Å². The average Bonchev–Trinajstić information content (AvgIpc) is 2.46. The highest BCUT2D eigenvalue weighted by atomic mass is 16.5. The Kier molecular flexibility index (Phi) is 4.56. The fourth-order valence-corrected chi connectivity index (χ4v) is 2.25. The highest BCUT2D eigenvalue weighted by Gasteiger charge is 2.11. The Morgan fingerprint density at radius 2 is 2.00 bits per heavy atom. The van der Waals surface area contributed by atoms with Gasteiger partial charge in [0.25, 0.3) is 0 Å². The minimum atomic E-state index is -0.215. The normalized spacial score (nSPS) is 10.7. The third-order valence-electron chi connectivity index (χ3n) is 3.38. The number of hydrogen-bond acceptors (Lipinski definition) is 4. The fraction of sp³-hybridized carbons (Fsp3) is 0.375.